The summed E-state index contributed by atoms with van der Waals surface area (Å²) in [4.78, 5) is 10.3. The van der Waals surface area contributed by atoms with E-state index in [0.717, 1.165) is 0 Å². The van der Waals surface area contributed by atoms with Crippen LogP contribution in [-0.4, -0.2) is 11.3 Å². The van der Waals surface area contributed by atoms with E-state index in [4.69, 9.17) is 0 Å². The van der Waals surface area contributed by atoms with Crippen LogP contribution in [0.2, 0.25) is 0 Å². The lowest BCUT2D eigenvalue weighted by Crippen LogP contribution is -2.53. The second-order valence-corrected chi connectivity index (χ2v) is 2.30. The lowest BCUT2D eigenvalue weighted by atomic mass is 10.1. The lowest BCUT2D eigenvalue weighted by Gasteiger charge is -2.29. The molecule has 1 saturated heterocycles. The number of amides is 1. The predicted octanol–water partition coefficient (Wildman–Crippen LogP) is 0.00820. The maximum absolute atomic E-state index is 10.3. The lowest BCUT2D eigenvalue weighted by molar-refractivity contribution is -0.131. The minimum absolute atomic E-state index is 0.104. The van der Waals surface area contributed by atoms with Gasteiger partial charge in [-0.1, -0.05) is 6.92 Å². The topological polar surface area (TPSA) is 29.1 Å². The molecule has 0 saturated carbocycles. The standard InChI is InChI=1S/C4H7NOS/c1-2-3(6)5-4(2)7/h2,4,7H,1H3,(H,5,6)/t2-,4-/m1/s1. The highest BCUT2D eigenvalue weighted by Gasteiger charge is 2.31. The van der Waals surface area contributed by atoms with E-state index >= 15 is 0 Å². The first-order valence-corrected chi connectivity index (χ1v) is 2.72. The summed E-state index contributed by atoms with van der Waals surface area (Å²) >= 11 is 4.01. The van der Waals surface area contributed by atoms with Gasteiger partial charge in [0.25, 0.3) is 0 Å². The van der Waals surface area contributed by atoms with Gasteiger partial charge in [-0.05, 0) is 0 Å². The van der Waals surface area contributed by atoms with Crippen molar-refractivity contribution in [2.45, 2.75) is 12.3 Å². The third-order valence-electron chi connectivity index (χ3n) is 1.18. The van der Waals surface area contributed by atoms with Crippen LogP contribution in [0, 0.1) is 5.92 Å². The molecule has 1 aliphatic rings. The van der Waals surface area contributed by atoms with Crippen molar-refractivity contribution in [1.82, 2.24) is 5.32 Å². The molecule has 0 aromatic heterocycles. The first kappa shape index (κ1) is 4.97. The number of nitrogens with one attached hydrogen (secondary N) is 1. The third-order valence-corrected chi connectivity index (χ3v) is 1.75. The van der Waals surface area contributed by atoms with Gasteiger partial charge in [0.2, 0.25) is 5.91 Å². The molecule has 1 N–H and O–H groups in total. The van der Waals surface area contributed by atoms with Gasteiger partial charge in [-0.15, -0.1) is 0 Å². The maximum Gasteiger partial charge on any atom is 0.226 e. The Morgan fingerprint density at radius 1 is 1.86 bits per heavy atom. The first-order valence-electron chi connectivity index (χ1n) is 2.20. The zero-order valence-corrected chi connectivity index (χ0v) is 4.90. The van der Waals surface area contributed by atoms with Gasteiger partial charge in [-0.25, -0.2) is 0 Å². The SMILES string of the molecule is C[C@@H]1C(=O)N[C@@H]1S. The van der Waals surface area contributed by atoms with Gasteiger partial charge in [0.05, 0.1) is 11.3 Å². The molecular formula is C4H7NOS. The van der Waals surface area contributed by atoms with Crippen molar-refractivity contribution in [3.05, 3.63) is 0 Å². The van der Waals surface area contributed by atoms with E-state index in [9.17, 15) is 4.79 Å². The molecule has 0 aromatic carbocycles. The number of hydrogen-bond donors (Lipinski definition) is 2. The van der Waals surface area contributed by atoms with Crippen LogP contribution < -0.4 is 5.32 Å². The predicted molar refractivity (Wildman–Crippen MR) is 30.1 cm³/mol. The van der Waals surface area contributed by atoms with E-state index in [2.05, 4.69) is 17.9 Å². The second kappa shape index (κ2) is 1.40. The molecule has 3 heteroatoms. The van der Waals surface area contributed by atoms with E-state index in [1.54, 1.807) is 0 Å². The highest BCUT2D eigenvalue weighted by Crippen LogP contribution is 2.15. The molecule has 40 valence electrons. The molecule has 0 radical (unpaired) electrons. The van der Waals surface area contributed by atoms with Crippen LogP contribution in [0.25, 0.3) is 0 Å². The molecular weight excluding hydrogens is 110 g/mol. The molecule has 1 amide bonds. The Bertz CT molecular complexity index is 104. The molecule has 0 unspecified atom stereocenters. The fourth-order valence-corrected chi connectivity index (χ4v) is 0.712. The van der Waals surface area contributed by atoms with Crippen molar-refractivity contribution >= 4 is 18.5 Å². The van der Waals surface area contributed by atoms with Gasteiger partial charge in [-0.2, -0.15) is 12.6 Å². The maximum atomic E-state index is 10.3. The highest BCUT2D eigenvalue weighted by molar-refractivity contribution is 7.81. The van der Waals surface area contributed by atoms with Gasteiger partial charge in [0.1, 0.15) is 0 Å². The summed E-state index contributed by atoms with van der Waals surface area (Å²) in [5.41, 5.74) is 0. The van der Waals surface area contributed by atoms with E-state index in [0.29, 0.717) is 0 Å². The van der Waals surface area contributed by atoms with Gasteiger partial charge in [0.15, 0.2) is 0 Å². The Morgan fingerprint density at radius 2 is 2.43 bits per heavy atom. The Hall–Kier alpha value is -0.180. The molecule has 2 atom stereocenters. The van der Waals surface area contributed by atoms with E-state index in [1.165, 1.54) is 0 Å². The van der Waals surface area contributed by atoms with Crippen LogP contribution >= 0.6 is 12.6 Å². The average molecular weight is 117 g/mol. The largest absolute Gasteiger partial charge is 0.343 e. The first-order chi connectivity index (χ1) is 3.22. The summed E-state index contributed by atoms with van der Waals surface area (Å²) in [6.07, 6.45) is 0. The monoisotopic (exact) mass is 117 g/mol. The van der Waals surface area contributed by atoms with Crippen molar-refractivity contribution in [2.24, 2.45) is 5.92 Å². The third kappa shape index (κ3) is 0.608. The van der Waals surface area contributed by atoms with Gasteiger partial charge < -0.3 is 5.32 Å². The Balaban J connectivity index is 2.43. The molecule has 7 heavy (non-hydrogen) atoms. The fourth-order valence-electron chi connectivity index (χ4n) is 0.449. The molecule has 0 bridgehead atoms. The van der Waals surface area contributed by atoms with Crippen molar-refractivity contribution < 1.29 is 4.79 Å². The van der Waals surface area contributed by atoms with Crippen LogP contribution in [-0.2, 0) is 4.79 Å². The van der Waals surface area contributed by atoms with E-state index < -0.39 is 0 Å². The molecule has 2 nitrogen and oxygen atoms in total. The van der Waals surface area contributed by atoms with Crippen molar-refractivity contribution in [3.8, 4) is 0 Å². The number of rotatable bonds is 0. The molecule has 0 aromatic rings. The molecule has 0 aliphatic carbocycles. The molecule has 1 heterocycles. The van der Waals surface area contributed by atoms with Crippen LogP contribution in [0.3, 0.4) is 0 Å². The van der Waals surface area contributed by atoms with Crippen molar-refractivity contribution in [3.63, 3.8) is 0 Å². The van der Waals surface area contributed by atoms with Crippen LogP contribution in [0.15, 0.2) is 0 Å². The van der Waals surface area contributed by atoms with Gasteiger partial charge >= 0.3 is 0 Å². The summed E-state index contributed by atoms with van der Waals surface area (Å²) in [7, 11) is 0. The summed E-state index contributed by atoms with van der Waals surface area (Å²) in [5, 5.41) is 2.68. The van der Waals surface area contributed by atoms with Crippen LogP contribution in [0.4, 0.5) is 0 Å². The Kier molecular flexibility index (Phi) is 0.995. The molecule has 0 spiro atoms. The minimum atomic E-state index is 0.104. The van der Waals surface area contributed by atoms with E-state index in [1.807, 2.05) is 6.92 Å². The molecule has 1 fully saturated rings. The van der Waals surface area contributed by atoms with Crippen LogP contribution in [0.5, 0.6) is 0 Å². The molecule has 1 aliphatic heterocycles. The minimum Gasteiger partial charge on any atom is -0.343 e. The van der Waals surface area contributed by atoms with E-state index in [-0.39, 0.29) is 17.2 Å². The van der Waals surface area contributed by atoms with Gasteiger partial charge in [-0.3, -0.25) is 4.79 Å². The van der Waals surface area contributed by atoms with Crippen molar-refractivity contribution in [2.75, 3.05) is 0 Å². The Morgan fingerprint density at radius 3 is 2.43 bits per heavy atom. The second-order valence-electron chi connectivity index (χ2n) is 1.74. The summed E-state index contributed by atoms with van der Waals surface area (Å²) < 4.78 is 0. The number of hydrogen-bond acceptors (Lipinski definition) is 2. The highest BCUT2D eigenvalue weighted by atomic mass is 32.1. The number of carbonyl (C=O) groups is 1. The Labute approximate surface area is 47.7 Å². The zero-order chi connectivity index (χ0) is 5.44. The number of β-lactam (4-membered cyclic amide) rings is 1. The quantitative estimate of drug-likeness (QED) is 0.339. The number of thiol groups is 1. The fraction of sp³-hybridized carbons (Fsp3) is 0.750. The summed E-state index contributed by atoms with van der Waals surface area (Å²) in [6.45, 7) is 1.86. The zero-order valence-electron chi connectivity index (χ0n) is 4.01. The molecule has 1 rings (SSSR count). The van der Waals surface area contributed by atoms with Crippen LogP contribution in [0.1, 0.15) is 6.92 Å². The normalized spacial score (nSPS) is 39.4. The average Bonchev–Trinajstić information content (AvgIpc) is 1.68. The summed E-state index contributed by atoms with van der Waals surface area (Å²) in [5.74, 6) is 0.225. The summed E-state index contributed by atoms with van der Waals surface area (Å²) in [6, 6.07) is 0. The smallest absolute Gasteiger partial charge is 0.226 e. The van der Waals surface area contributed by atoms with Gasteiger partial charge in [0, 0.05) is 0 Å². The number of carbonyl (C=O) groups excluding carboxylic acids is 1. The van der Waals surface area contributed by atoms with Crippen molar-refractivity contribution in [1.29, 1.82) is 0 Å².